The molecule has 7 heteroatoms. The molecule has 2 saturated carbocycles. The molecule has 0 nitrogen and oxygen atoms in total. The fourth-order valence-corrected chi connectivity index (χ4v) is 5.48. The van der Waals surface area contributed by atoms with E-state index in [1.165, 1.54) is 0 Å². The molecular weight excluding hydrogens is 247 g/mol. The van der Waals surface area contributed by atoms with Crippen LogP contribution < -0.4 is 0 Å². The van der Waals surface area contributed by atoms with Crippen molar-refractivity contribution in [1.82, 2.24) is 0 Å². The lowest BCUT2D eigenvalue weighted by molar-refractivity contribution is 0.309. The van der Waals surface area contributed by atoms with Crippen molar-refractivity contribution in [3.05, 3.63) is 0 Å². The first kappa shape index (κ1) is 10.8. The quantitative estimate of drug-likeness (QED) is 0.472. The van der Waals surface area contributed by atoms with Gasteiger partial charge in [-0.2, -0.15) is 0 Å². The summed E-state index contributed by atoms with van der Waals surface area (Å²) in [6, 6.07) is 0. The highest BCUT2D eigenvalue weighted by Gasteiger charge is 2.76. The molecule has 14 heavy (non-hydrogen) atoms. The van der Waals surface area contributed by atoms with E-state index in [2.05, 4.69) is 0 Å². The van der Waals surface area contributed by atoms with Gasteiger partial charge in [-0.15, -0.1) is 11.6 Å². The maximum absolute atomic E-state index is 12.5. The first-order valence-corrected chi connectivity index (χ1v) is 6.81. The Hall–Kier alpha value is 0.290. The van der Waals surface area contributed by atoms with E-state index in [1.54, 1.807) is 0 Å². The second kappa shape index (κ2) is 2.19. The standard InChI is InChI=1S/C7H10ClF5S/c8-6-4-1-2-5(3-4)7(6)14(9,10,11,12)13/h4-7H,1-3H2. The summed E-state index contributed by atoms with van der Waals surface area (Å²) in [6.07, 6.45) is 1.01. The number of hydrogen-bond acceptors (Lipinski definition) is 0. The van der Waals surface area contributed by atoms with Crippen LogP contribution in [0.2, 0.25) is 0 Å². The van der Waals surface area contributed by atoms with Gasteiger partial charge in [0.1, 0.15) is 5.25 Å². The van der Waals surface area contributed by atoms with E-state index in [0.29, 0.717) is 6.42 Å². The number of alkyl halides is 1. The van der Waals surface area contributed by atoms with Crippen LogP contribution in [-0.4, -0.2) is 10.6 Å². The van der Waals surface area contributed by atoms with Crippen LogP contribution in [0.25, 0.3) is 0 Å². The van der Waals surface area contributed by atoms with Gasteiger partial charge in [-0.3, -0.25) is 0 Å². The minimum absolute atomic E-state index is 0.213. The average molecular weight is 257 g/mol. The molecule has 0 amide bonds. The van der Waals surface area contributed by atoms with E-state index >= 15 is 0 Å². The average Bonchev–Trinajstić information content (AvgIpc) is 2.38. The minimum atomic E-state index is -9.38. The molecule has 2 rings (SSSR count). The van der Waals surface area contributed by atoms with Gasteiger partial charge in [0.25, 0.3) is 10.2 Å². The molecule has 2 bridgehead atoms. The minimum Gasteiger partial charge on any atom is -0.121 e. The van der Waals surface area contributed by atoms with E-state index in [0.717, 1.165) is 0 Å². The van der Waals surface area contributed by atoms with E-state index < -0.39 is 26.8 Å². The van der Waals surface area contributed by atoms with Crippen molar-refractivity contribution in [2.75, 3.05) is 0 Å². The number of fused-ring (bicyclic) bond motifs is 2. The van der Waals surface area contributed by atoms with Crippen molar-refractivity contribution in [2.24, 2.45) is 11.8 Å². The Kier molecular flexibility index (Phi) is 1.69. The van der Waals surface area contributed by atoms with Crippen molar-refractivity contribution in [3.8, 4) is 0 Å². The van der Waals surface area contributed by atoms with Crippen molar-refractivity contribution in [2.45, 2.75) is 29.9 Å². The van der Waals surface area contributed by atoms with Gasteiger partial charge in [0.15, 0.2) is 0 Å². The SMILES string of the molecule is FS(F)(F)(F)(F)C1C2CCC(C2)C1Cl. The molecule has 0 aromatic carbocycles. The van der Waals surface area contributed by atoms with E-state index in [-0.39, 0.29) is 18.8 Å². The molecule has 2 aliphatic rings. The Morgan fingerprint density at radius 2 is 1.43 bits per heavy atom. The summed E-state index contributed by atoms with van der Waals surface area (Å²) >= 11 is 5.47. The topological polar surface area (TPSA) is 0 Å². The summed E-state index contributed by atoms with van der Waals surface area (Å²) in [4.78, 5) is 0. The van der Waals surface area contributed by atoms with Crippen molar-refractivity contribution >= 4 is 21.8 Å². The zero-order valence-corrected chi connectivity index (χ0v) is 8.68. The van der Waals surface area contributed by atoms with E-state index in [1.807, 2.05) is 0 Å². The molecule has 0 radical (unpaired) electrons. The fourth-order valence-electron chi connectivity index (χ4n) is 2.78. The van der Waals surface area contributed by atoms with Gasteiger partial charge in [-0.25, -0.2) is 0 Å². The van der Waals surface area contributed by atoms with Gasteiger partial charge >= 0.3 is 0 Å². The molecular formula is C7H10ClF5S. The van der Waals surface area contributed by atoms with Gasteiger partial charge < -0.3 is 0 Å². The van der Waals surface area contributed by atoms with Gasteiger partial charge in [0.05, 0.1) is 5.38 Å². The largest absolute Gasteiger partial charge is 0.289 e. The van der Waals surface area contributed by atoms with E-state index in [4.69, 9.17) is 11.6 Å². The maximum atomic E-state index is 12.5. The summed E-state index contributed by atoms with van der Waals surface area (Å²) in [5.41, 5.74) is 0. The Morgan fingerprint density at radius 1 is 0.929 bits per heavy atom. The molecule has 0 spiro atoms. The van der Waals surface area contributed by atoms with Gasteiger partial charge in [-0.1, -0.05) is 19.4 Å². The highest BCUT2D eigenvalue weighted by atomic mass is 35.5. The van der Waals surface area contributed by atoms with Crippen molar-refractivity contribution in [1.29, 1.82) is 0 Å². The summed E-state index contributed by atoms with van der Waals surface area (Å²) in [7, 11) is -9.38. The molecule has 0 saturated heterocycles. The van der Waals surface area contributed by atoms with Crippen molar-refractivity contribution < 1.29 is 19.4 Å². The Morgan fingerprint density at radius 3 is 1.71 bits per heavy atom. The van der Waals surface area contributed by atoms with Gasteiger partial charge in [0, 0.05) is 0 Å². The predicted molar refractivity (Wildman–Crippen MR) is 47.4 cm³/mol. The number of hydrogen-bond donors (Lipinski definition) is 0. The lowest BCUT2D eigenvalue weighted by Gasteiger charge is -2.50. The molecule has 4 atom stereocenters. The summed E-state index contributed by atoms with van der Waals surface area (Å²) < 4.78 is 62.7. The van der Waals surface area contributed by atoms with E-state index in [9.17, 15) is 19.4 Å². The van der Waals surface area contributed by atoms with Crippen LogP contribution in [0.1, 0.15) is 19.3 Å². The zero-order valence-electron chi connectivity index (χ0n) is 7.11. The first-order valence-electron chi connectivity index (χ1n) is 4.36. The lowest BCUT2D eigenvalue weighted by Crippen LogP contribution is -2.38. The smallest absolute Gasteiger partial charge is 0.121 e. The summed E-state index contributed by atoms with van der Waals surface area (Å²) in [6.45, 7) is 0. The highest BCUT2D eigenvalue weighted by Crippen LogP contribution is 3.02. The predicted octanol–water partition coefficient (Wildman–Crippen LogP) is 4.69. The lowest BCUT2D eigenvalue weighted by atomic mass is 10.00. The molecule has 0 N–H and O–H groups in total. The molecule has 0 aliphatic heterocycles. The van der Waals surface area contributed by atoms with Gasteiger partial charge in [0.2, 0.25) is 0 Å². The molecule has 2 aliphatic carbocycles. The van der Waals surface area contributed by atoms with Crippen LogP contribution >= 0.6 is 21.8 Å². The molecule has 0 heterocycles. The van der Waals surface area contributed by atoms with Crippen LogP contribution in [0.4, 0.5) is 19.4 Å². The number of halogens is 6. The third-order valence-corrected chi connectivity index (χ3v) is 5.74. The summed E-state index contributed by atoms with van der Waals surface area (Å²) in [5.74, 6) is -1.31. The molecule has 0 aromatic heterocycles. The second-order valence-corrected chi connectivity index (χ2v) is 7.38. The Bertz CT molecular complexity index is 270. The number of rotatable bonds is 1. The Balaban J connectivity index is 2.38. The maximum Gasteiger partial charge on any atom is 0.289 e. The van der Waals surface area contributed by atoms with Crippen LogP contribution in [-0.2, 0) is 0 Å². The van der Waals surface area contributed by atoms with Gasteiger partial charge in [-0.05, 0) is 31.1 Å². The fraction of sp³-hybridized carbons (Fsp3) is 1.00. The van der Waals surface area contributed by atoms with Crippen LogP contribution in [0.3, 0.4) is 0 Å². The Labute approximate surface area is 83.5 Å². The molecule has 2 fully saturated rings. The normalized spacial score (nSPS) is 47.6. The third-order valence-electron chi connectivity index (χ3n) is 3.26. The third kappa shape index (κ3) is 1.60. The highest BCUT2D eigenvalue weighted by molar-refractivity contribution is 8.46. The first-order chi connectivity index (χ1) is 5.99. The van der Waals surface area contributed by atoms with Crippen molar-refractivity contribution in [3.63, 3.8) is 0 Å². The molecule has 86 valence electrons. The zero-order chi connectivity index (χ0) is 10.8. The van der Waals surface area contributed by atoms with Crippen LogP contribution in [0.15, 0.2) is 0 Å². The summed E-state index contributed by atoms with van der Waals surface area (Å²) in [5, 5.41) is -3.96. The monoisotopic (exact) mass is 256 g/mol. The van der Waals surface area contributed by atoms with Crippen LogP contribution in [0.5, 0.6) is 0 Å². The molecule has 4 unspecified atom stereocenters. The second-order valence-electron chi connectivity index (χ2n) is 4.27. The molecule has 0 aromatic rings. The van der Waals surface area contributed by atoms with Crippen LogP contribution in [0, 0.1) is 11.8 Å².